The van der Waals surface area contributed by atoms with Gasteiger partial charge in [0.25, 0.3) is 0 Å². The summed E-state index contributed by atoms with van der Waals surface area (Å²) < 4.78 is 58.7. The van der Waals surface area contributed by atoms with Crippen molar-refractivity contribution in [3.8, 4) is 0 Å². The van der Waals surface area contributed by atoms with E-state index in [9.17, 15) is 21.6 Å². The lowest BCUT2D eigenvalue weighted by molar-refractivity contribution is -0.137. The molecule has 0 aliphatic heterocycles. The van der Waals surface area contributed by atoms with Crippen molar-refractivity contribution in [2.75, 3.05) is 17.6 Å². The lowest BCUT2D eigenvalue weighted by Gasteiger charge is -2.10. The minimum Gasteiger partial charge on any atom is -0.370 e. The van der Waals surface area contributed by atoms with Gasteiger partial charge in [0.15, 0.2) is 0 Å². The Morgan fingerprint density at radius 3 is 2.53 bits per heavy atom. The van der Waals surface area contributed by atoms with Crippen LogP contribution in [0.25, 0.3) is 0 Å². The SMILES string of the molecule is NS(=O)(=O)CCCNc1cc(C(F)(F)F)cc(Cl)n1. The van der Waals surface area contributed by atoms with Crippen molar-refractivity contribution in [3.05, 3.63) is 22.8 Å². The Balaban J connectivity index is 2.67. The normalized spacial score (nSPS) is 12.5. The first-order chi connectivity index (χ1) is 8.58. The predicted octanol–water partition coefficient (Wildman–Crippen LogP) is 1.84. The number of alkyl halides is 3. The van der Waals surface area contributed by atoms with Gasteiger partial charge in [0, 0.05) is 6.54 Å². The van der Waals surface area contributed by atoms with Crippen molar-refractivity contribution < 1.29 is 21.6 Å². The van der Waals surface area contributed by atoms with Gasteiger partial charge >= 0.3 is 6.18 Å². The van der Waals surface area contributed by atoms with Crippen LogP contribution in [-0.4, -0.2) is 25.7 Å². The number of rotatable bonds is 5. The molecule has 0 saturated carbocycles. The second-order valence-corrected chi connectivity index (χ2v) is 5.83. The number of nitrogens with one attached hydrogen (secondary N) is 1. The maximum Gasteiger partial charge on any atom is 0.416 e. The van der Waals surface area contributed by atoms with E-state index < -0.39 is 21.8 Å². The van der Waals surface area contributed by atoms with Gasteiger partial charge < -0.3 is 5.32 Å². The van der Waals surface area contributed by atoms with E-state index in [0.29, 0.717) is 6.07 Å². The molecule has 1 heterocycles. The molecular weight excluding hydrogens is 307 g/mol. The van der Waals surface area contributed by atoms with E-state index in [-0.39, 0.29) is 29.7 Å². The third-order valence-corrected chi connectivity index (χ3v) is 3.08. The van der Waals surface area contributed by atoms with Crippen LogP contribution in [0.15, 0.2) is 12.1 Å². The maximum absolute atomic E-state index is 12.5. The number of halogens is 4. The third-order valence-electron chi connectivity index (χ3n) is 2.03. The molecule has 0 saturated heterocycles. The Morgan fingerprint density at radius 2 is 2.00 bits per heavy atom. The van der Waals surface area contributed by atoms with Crippen LogP contribution in [0.4, 0.5) is 19.0 Å². The monoisotopic (exact) mass is 317 g/mol. The Morgan fingerprint density at radius 1 is 1.37 bits per heavy atom. The zero-order chi connectivity index (χ0) is 14.7. The fourth-order valence-electron chi connectivity index (χ4n) is 1.24. The van der Waals surface area contributed by atoms with Crippen LogP contribution >= 0.6 is 11.6 Å². The molecule has 1 aromatic heterocycles. The van der Waals surface area contributed by atoms with E-state index in [2.05, 4.69) is 10.3 Å². The molecule has 0 aliphatic rings. The van der Waals surface area contributed by atoms with E-state index in [1.807, 2.05) is 0 Å². The Kier molecular flexibility index (Phi) is 4.99. The molecule has 5 nitrogen and oxygen atoms in total. The van der Waals surface area contributed by atoms with Crippen LogP contribution < -0.4 is 10.5 Å². The van der Waals surface area contributed by atoms with E-state index in [4.69, 9.17) is 16.7 Å². The number of hydrogen-bond acceptors (Lipinski definition) is 4. The lowest BCUT2D eigenvalue weighted by atomic mass is 10.2. The van der Waals surface area contributed by atoms with E-state index in [1.165, 1.54) is 0 Å². The van der Waals surface area contributed by atoms with Gasteiger partial charge in [-0.25, -0.2) is 18.5 Å². The summed E-state index contributed by atoms with van der Waals surface area (Å²) in [6.07, 6.45) is -4.38. The minimum absolute atomic E-state index is 0.0748. The number of pyridine rings is 1. The number of nitrogens with zero attached hydrogens (tertiary/aromatic N) is 1. The molecule has 0 unspecified atom stereocenters. The topological polar surface area (TPSA) is 85.1 Å². The van der Waals surface area contributed by atoms with Gasteiger partial charge in [-0.1, -0.05) is 11.6 Å². The Hall–Kier alpha value is -1.06. The van der Waals surface area contributed by atoms with Gasteiger partial charge in [-0.05, 0) is 18.6 Å². The summed E-state index contributed by atoms with van der Waals surface area (Å²) in [6, 6.07) is 1.50. The van der Waals surface area contributed by atoms with E-state index in [0.717, 1.165) is 6.07 Å². The molecule has 0 aromatic carbocycles. The number of nitrogens with two attached hydrogens (primary N) is 1. The summed E-state index contributed by atoms with van der Waals surface area (Å²) in [5.74, 6) is -0.346. The highest BCUT2D eigenvalue weighted by Gasteiger charge is 2.31. The number of hydrogen-bond donors (Lipinski definition) is 2. The number of primary sulfonamides is 1. The maximum atomic E-state index is 12.5. The van der Waals surface area contributed by atoms with Crippen LogP contribution in [-0.2, 0) is 16.2 Å². The number of anilines is 1. The summed E-state index contributed by atoms with van der Waals surface area (Å²) in [7, 11) is -3.58. The van der Waals surface area contributed by atoms with Crippen molar-refractivity contribution in [2.24, 2.45) is 5.14 Å². The van der Waals surface area contributed by atoms with Crippen LogP contribution in [0.1, 0.15) is 12.0 Å². The fraction of sp³-hybridized carbons (Fsp3) is 0.444. The van der Waals surface area contributed by atoms with Crippen molar-refractivity contribution >= 4 is 27.4 Å². The summed E-state index contributed by atoms with van der Waals surface area (Å²) >= 11 is 5.47. The minimum atomic E-state index is -4.52. The molecule has 0 spiro atoms. The quantitative estimate of drug-likeness (QED) is 0.641. The zero-order valence-corrected chi connectivity index (χ0v) is 11.1. The van der Waals surface area contributed by atoms with Crippen molar-refractivity contribution in [3.63, 3.8) is 0 Å². The van der Waals surface area contributed by atoms with E-state index >= 15 is 0 Å². The fourth-order valence-corrected chi connectivity index (χ4v) is 2.00. The Labute approximate surface area is 113 Å². The van der Waals surface area contributed by atoms with Gasteiger partial charge in [0.1, 0.15) is 11.0 Å². The first kappa shape index (κ1) is 16.0. The Bertz CT molecular complexity index is 548. The molecule has 0 amide bonds. The zero-order valence-electron chi connectivity index (χ0n) is 9.54. The van der Waals surface area contributed by atoms with Gasteiger partial charge in [-0.3, -0.25) is 0 Å². The molecular formula is C9H11ClF3N3O2S. The second-order valence-electron chi connectivity index (χ2n) is 3.71. The first-order valence-electron chi connectivity index (χ1n) is 5.07. The first-order valence-corrected chi connectivity index (χ1v) is 7.16. The van der Waals surface area contributed by atoms with Crippen LogP contribution in [0, 0.1) is 0 Å². The van der Waals surface area contributed by atoms with Gasteiger partial charge in [-0.2, -0.15) is 13.2 Å². The molecule has 0 fully saturated rings. The summed E-state index contributed by atoms with van der Waals surface area (Å²) in [6.45, 7) is 0.112. The van der Waals surface area contributed by atoms with Crippen molar-refractivity contribution in [1.29, 1.82) is 0 Å². The molecule has 108 valence electrons. The highest BCUT2D eigenvalue weighted by Crippen LogP contribution is 2.31. The highest BCUT2D eigenvalue weighted by molar-refractivity contribution is 7.89. The number of sulfonamides is 1. The lowest BCUT2D eigenvalue weighted by Crippen LogP contribution is -2.19. The number of aromatic nitrogens is 1. The smallest absolute Gasteiger partial charge is 0.370 e. The standard InChI is InChI=1S/C9H11ClF3N3O2S/c10-7-4-6(9(11,12)13)5-8(16-7)15-2-1-3-19(14,17)18/h4-5H,1-3H2,(H,15,16)(H2,14,17,18). The molecule has 1 rings (SSSR count). The molecule has 1 aromatic rings. The van der Waals surface area contributed by atoms with Gasteiger partial charge in [0.2, 0.25) is 10.0 Å². The average Bonchev–Trinajstić information content (AvgIpc) is 2.21. The second kappa shape index (κ2) is 5.93. The van der Waals surface area contributed by atoms with Crippen molar-refractivity contribution in [1.82, 2.24) is 4.98 Å². The van der Waals surface area contributed by atoms with Crippen molar-refractivity contribution in [2.45, 2.75) is 12.6 Å². The van der Waals surface area contributed by atoms with Gasteiger partial charge in [0.05, 0.1) is 11.3 Å². The molecule has 10 heteroatoms. The van der Waals surface area contributed by atoms with E-state index in [1.54, 1.807) is 0 Å². The largest absolute Gasteiger partial charge is 0.416 e. The average molecular weight is 318 g/mol. The molecule has 0 atom stereocenters. The molecule has 3 N–H and O–H groups in total. The predicted molar refractivity (Wildman–Crippen MR) is 65.3 cm³/mol. The summed E-state index contributed by atoms with van der Waals surface area (Å²) in [5.41, 5.74) is -0.929. The highest BCUT2D eigenvalue weighted by atomic mass is 35.5. The molecule has 19 heavy (non-hydrogen) atoms. The van der Waals surface area contributed by atoms with Crippen LogP contribution in [0.5, 0.6) is 0 Å². The van der Waals surface area contributed by atoms with Crippen LogP contribution in [0.3, 0.4) is 0 Å². The third kappa shape index (κ3) is 6.08. The molecule has 0 aliphatic carbocycles. The molecule has 0 bridgehead atoms. The van der Waals surface area contributed by atoms with Gasteiger partial charge in [-0.15, -0.1) is 0 Å². The molecule has 0 radical (unpaired) electrons. The summed E-state index contributed by atoms with van der Waals surface area (Å²) in [4.78, 5) is 3.65. The van der Waals surface area contributed by atoms with Crippen LogP contribution in [0.2, 0.25) is 5.15 Å². The summed E-state index contributed by atoms with van der Waals surface area (Å²) in [5, 5.41) is 7.03.